The minimum absolute atomic E-state index is 0.0211. The van der Waals surface area contributed by atoms with E-state index in [-0.39, 0.29) is 11.9 Å². The Morgan fingerprint density at radius 1 is 1.50 bits per heavy atom. The van der Waals surface area contributed by atoms with Gasteiger partial charge in [-0.2, -0.15) is 0 Å². The van der Waals surface area contributed by atoms with Crippen molar-refractivity contribution in [2.75, 3.05) is 40.8 Å². The van der Waals surface area contributed by atoms with E-state index in [9.17, 15) is 4.79 Å². The van der Waals surface area contributed by atoms with Crippen LogP contribution in [0.5, 0.6) is 0 Å². The summed E-state index contributed by atoms with van der Waals surface area (Å²) in [6.07, 6.45) is 2.48. The SMILES string of the molecule is COC(=O)C(CN(C)C1CCCN(C)C1)C(C)C. The molecule has 4 heteroatoms. The maximum atomic E-state index is 11.8. The molecular formula is C14H28N2O2. The number of ether oxygens (including phenoxy) is 1. The van der Waals surface area contributed by atoms with Gasteiger partial charge in [-0.05, 0) is 39.4 Å². The molecule has 0 aliphatic carbocycles. The van der Waals surface area contributed by atoms with Crippen LogP contribution in [0.3, 0.4) is 0 Å². The number of hydrogen-bond acceptors (Lipinski definition) is 4. The Kier molecular flexibility index (Phi) is 6.09. The topological polar surface area (TPSA) is 32.8 Å². The highest BCUT2D eigenvalue weighted by molar-refractivity contribution is 5.72. The van der Waals surface area contributed by atoms with Crippen LogP contribution in [0.4, 0.5) is 0 Å². The summed E-state index contributed by atoms with van der Waals surface area (Å²) in [5, 5.41) is 0. The Hall–Kier alpha value is -0.610. The highest BCUT2D eigenvalue weighted by Crippen LogP contribution is 2.19. The van der Waals surface area contributed by atoms with Crippen LogP contribution in [-0.4, -0.2) is 62.7 Å². The zero-order valence-electron chi connectivity index (χ0n) is 12.5. The molecule has 1 rings (SSSR count). The Bertz CT molecular complexity index is 269. The molecular weight excluding hydrogens is 228 g/mol. The normalized spacial score (nSPS) is 23.4. The molecule has 0 N–H and O–H groups in total. The average molecular weight is 256 g/mol. The molecule has 1 aliphatic heterocycles. The van der Waals surface area contributed by atoms with Crippen molar-refractivity contribution in [1.82, 2.24) is 9.80 Å². The molecule has 2 atom stereocenters. The highest BCUT2D eigenvalue weighted by atomic mass is 16.5. The van der Waals surface area contributed by atoms with Crippen LogP contribution in [0.15, 0.2) is 0 Å². The number of methoxy groups -OCH3 is 1. The van der Waals surface area contributed by atoms with Crippen molar-refractivity contribution in [3.05, 3.63) is 0 Å². The van der Waals surface area contributed by atoms with Gasteiger partial charge in [0.2, 0.25) is 0 Å². The Balaban J connectivity index is 2.54. The molecule has 2 unspecified atom stereocenters. The summed E-state index contributed by atoms with van der Waals surface area (Å²) in [5.41, 5.74) is 0. The Morgan fingerprint density at radius 2 is 2.17 bits per heavy atom. The third-order valence-corrected chi connectivity index (χ3v) is 4.02. The number of hydrogen-bond donors (Lipinski definition) is 0. The molecule has 1 aliphatic rings. The van der Waals surface area contributed by atoms with Gasteiger partial charge in [-0.1, -0.05) is 13.8 Å². The van der Waals surface area contributed by atoms with Gasteiger partial charge in [0.1, 0.15) is 0 Å². The van der Waals surface area contributed by atoms with Crippen molar-refractivity contribution in [2.24, 2.45) is 11.8 Å². The summed E-state index contributed by atoms with van der Waals surface area (Å²) in [4.78, 5) is 16.5. The second-order valence-corrected chi connectivity index (χ2v) is 5.87. The van der Waals surface area contributed by atoms with Gasteiger partial charge in [0.15, 0.2) is 0 Å². The predicted molar refractivity (Wildman–Crippen MR) is 73.5 cm³/mol. The van der Waals surface area contributed by atoms with E-state index in [0.717, 1.165) is 13.1 Å². The molecule has 0 radical (unpaired) electrons. The van der Waals surface area contributed by atoms with E-state index in [1.54, 1.807) is 0 Å². The molecule has 106 valence electrons. The summed E-state index contributed by atoms with van der Waals surface area (Å²) < 4.78 is 4.91. The van der Waals surface area contributed by atoms with Gasteiger partial charge in [-0.25, -0.2) is 0 Å². The van der Waals surface area contributed by atoms with Crippen molar-refractivity contribution in [2.45, 2.75) is 32.7 Å². The standard InChI is InChI=1S/C14H28N2O2/c1-11(2)13(14(17)18-5)10-16(4)12-7-6-8-15(3)9-12/h11-13H,6-10H2,1-5H3. The number of nitrogens with zero attached hydrogens (tertiary/aromatic N) is 2. The Labute approximate surface area is 111 Å². The summed E-state index contributed by atoms with van der Waals surface area (Å²) in [7, 11) is 5.77. The first-order chi connectivity index (χ1) is 8.45. The molecule has 0 saturated carbocycles. The number of carbonyl (C=O) groups is 1. The molecule has 1 heterocycles. The third-order valence-electron chi connectivity index (χ3n) is 4.02. The van der Waals surface area contributed by atoms with Gasteiger partial charge in [-0.3, -0.25) is 4.79 Å². The second-order valence-electron chi connectivity index (χ2n) is 5.87. The molecule has 1 saturated heterocycles. The third kappa shape index (κ3) is 4.25. The van der Waals surface area contributed by atoms with Gasteiger partial charge in [-0.15, -0.1) is 0 Å². The molecule has 1 fully saturated rings. The van der Waals surface area contributed by atoms with Gasteiger partial charge in [0.05, 0.1) is 13.0 Å². The fraction of sp³-hybridized carbons (Fsp3) is 0.929. The molecule has 0 aromatic carbocycles. The molecule has 0 bridgehead atoms. The lowest BCUT2D eigenvalue weighted by Crippen LogP contribution is -2.47. The molecule has 18 heavy (non-hydrogen) atoms. The maximum absolute atomic E-state index is 11.8. The molecule has 0 aromatic rings. The van der Waals surface area contributed by atoms with Crippen LogP contribution in [0, 0.1) is 11.8 Å². The number of piperidine rings is 1. The lowest BCUT2D eigenvalue weighted by atomic mass is 9.94. The largest absolute Gasteiger partial charge is 0.469 e. The molecule has 0 spiro atoms. The zero-order valence-corrected chi connectivity index (χ0v) is 12.5. The predicted octanol–water partition coefficient (Wildman–Crippen LogP) is 1.46. The van der Waals surface area contributed by atoms with Crippen molar-refractivity contribution in [3.8, 4) is 0 Å². The number of esters is 1. The van der Waals surface area contributed by atoms with Gasteiger partial charge in [0.25, 0.3) is 0 Å². The van der Waals surface area contributed by atoms with Gasteiger partial charge < -0.3 is 14.5 Å². The first-order valence-electron chi connectivity index (χ1n) is 6.92. The quantitative estimate of drug-likeness (QED) is 0.697. The van der Waals surface area contributed by atoms with Crippen LogP contribution in [-0.2, 0) is 9.53 Å². The van der Waals surface area contributed by atoms with Crippen molar-refractivity contribution >= 4 is 5.97 Å². The minimum Gasteiger partial charge on any atom is -0.469 e. The van der Waals surface area contributed by atoms with E-state index < -0.39 is 0 Å². The number of rotatable bonds is 5. The molecule has 0 aromatic heterocycles. The van der Waals surface area contributed by atoms with Gasteiger partial charge >= 0.3 is 5.97 Å². The van der Waals surface area contributed by atoms with Crippen molar-refractivity contribution in [3.63, 3.8) is 0 Å². The lowest BCUT2D eigenvalue weighted by molar-refractivity contribution is -0.148. The van der Waals surface area contributed by atoms with E-state index >= 15 is 0 Å². The first kappa shape index (κ1) is 15.4. The number of likely N-dealkylation sites (N-methyl/N-ethyl adjacent to an activating group) is 2. The van der Waals surface area contributed by atoms with Gasteiger partial charge in [0, 0.05) is 19.1 Å². The van der Waals surface area contributed by atoms with E-state index in [2.05, 4.69) is 37.7 Å². The van der Waals surface area contributed by atoms with Crippen molar-refractivity contribution < 1.29 is 9.53 Å². The summed E-state index contributed by atoms with van der Waals surface area (Å²) in [6.45, 7) is 7.26. The van der Waals surface area contributed by atoms with Crippen molar-refractivity contribution in [1.29, 1.82) is 0 Å². The summed E-state index contributed by atoms with van der Waals surface area (Å²) in [5.74, 6) is 0.217. The number of likely N-dealkylation sites (tertiary alicyclic amines) is 1. The number of carbonyl (C=O) groups excluding carboxylic acids is 1. The van der Waals surface area contributed by atoms with E-state index in [4.69, 9.17) is 4.74 Å². The lowest BCUT2D eigenvalue weighted by Gasteiger charge is -2.37. The molecule has 0 amide bonds. The van der Waals surface area contributed by atoms with Crippen LogP contribution < -0.4 is 0 Å². The fourth-order valence-electron chi connectivity index (χ4n) is 2.67. The van der Waals surface area contributed by atoms with Crippen LogP contribution in [0.1, 0.15) is 26.7 Å². The second kappa shape index (κ2) is 7.10. The first-order valence-corrected chi connectivity index (χ1v) is 6.92. The average Bonchev–Trinajstić information content (AvgIpc) is 2.34. The monoisotopic (exact) mass is 256 g/mol. The maximum Gasteiger partial charge on any atom is 0.310 e. The van der Waals surface area contributed by atoms with Crippen LogP contribution >= 0.6 is 0 Å². The smallest absolute Gasteiger partial charge is 0.310 e. The van der Waals surface area contributed by atoms with Crippen LogP contribution in [0.2, 0.25) is 0 Å². The van der Waals surface area contributed by atoms with E-state index in [1.807, 2.05) is 0 Å². The van der Waals surface area contributed by atoms with E-state index in [0.29, 0.717) is 12.0 Å². The van der Waals surface area contributed by atoms with E-state index in [1.165, 1.54) is 26.5 Å². The molecule has 4 nitrogen and oxygen atoms in total. The zero-order chi connectivity index (χ0) is 13.7. The Morgan fingerprint density at radius 3 is 2.67 bits per heavy atom. The summed E-state index contributed by atoms with van der Waals surface area (Å²) in [6, 6.07) is 0.564. The summed E-state index contributed by atoms with van der Waals surface area (Å²) >= 11 is 0. The fourth-order valence-corrected chi connectivity index (χ4v) is 2.67. The highest BCUT2D eigenvalue weighted by Gasteiger charge is 2.28. The minimum atomic E-state index is -0.0824. The van der Waals surface area contributed by atoms with Crippen LogP contribution in [0.25, 0.3) is 0 Å².